The molecule has 0 unspecified atom stereocenters. The van der Waals surface area contributed by atoms with Crippen LogP contribution in [0.4, 0.5) is 0 Å². The van der Waals surface area contributed by atoms with E-state index in [-0.39, 0.29) is 0 Å². The molecule has 0 aliphatic carbocycles. The van der Waals surface area contributed by atoms with Crippen molar-refractivity contribution >= 4 is 34.5 Å². The molecule has 2 aromatic rings. The summed E-state index contributed by atoms with van der Waals surface area (Å²) in [4.78, 5) is 1.29. The summed E-state index contributed by atoms with van der Waals surface area (Å²) in [7, 11) is 0. The molecular weight excluding hydrogens is 289 g/mol. The zero-order valence-electron chi connectivity index (χ0n) is 9.66. The van der Waals surface area contributed by atoms with Crippen LogP contribution in [0.25, 0.3) is 0 Å². The average molecular weight is 302 g/mol. The van der Waals surface area contributed by atoms with Crippen molar-refractivity contribution in [2.45, 2.75) is 13.0 Å². The molecule has 1 aromatic carbocycles. The van der Waals surface area contributed by atoms with Gasteiger partial charge < -0.3 is 10.5 Å². The molecule has 0 saturated carbocycles. The Morgan fingerprint density at radius 3 is 2.78 bits per heavy atom. The molecule has 2 rings (SSSR count). The van der Waals surface area contributed by atoms with Gasteiger partial charge in [0.2, 0.25) is 0 Å². The summed E-state index contributed by atoms with van der Waals surface area (Å²) in [5.74, 6) is 0.639. The summed E-state index contributed by atoms with van der Waals surface area (Å²) >= 11 is 13.7. The zero-order valence-corrected chi connectivity index (χ0v) is 12.0. The van der Waals surface area contributed by atoms with Gasteiger partial charge in [-0.05, 0) is 23.6 Å². The Balaban J connectivity index is 2.04. The first-order valence-electron chi connectivity index (χ1n) is 5.54. The van der Waals surface area contributed by atoms with Crippen molar-refractivity contribution in [2.24, 2.45) is 5.73 Å². The van der Waals surface area contributed by atoms with Crippen molar-refractivity contribution in [2.75, 3.05) is 6.61 Å². The first kappa shape index (κ1) is 13.7. The number of halogens is 2. The third kappa shape index (κ3) is 3.39. The van der Waals surface area contributed by atoms with E-state index in [1.807, 2.05) is 6.07 Å². The lowest BCUT2D eigenvalue weighted by molar-refractivity contribution is 0.320. The van der Waals surface area contributed by atoms with Crippen LogP contribution in [0.5, 0.6) is 5.75 Å². The van der Waals surface area contributed by atoms with Crippen molar-refractivity contribution in [3.8, 4) is 5.75 Å². The van der Waals surface area contributed by atoms with E-state index >= 15 is 0 Å². The van der Waals surface area contributed by atoms with Crippen LogP contribution in [0, 0.1) is 0 Å². The number of rotatable bonds is 5. The average Bonchev–Trinajstić information content (AvgIpc) is 2.84. The van der Waals surface area contributed by atoms with Gasteiger partial charge >= 0.3 is 0 Å². The topological polar surface area (TPSA) is 35.2 Å². The van der Waals surface area contributed by atoms with Gasteiger partial charge in [-0.25, -0.2) is 0 Å². The lowest BCUT2D eigenvalue weighted by Crippen LogP contribution is -2.06. The van der Waals surface area contributed by atoms with Crippen molar-refractivity contribution in [3.63, 3.8) is 0 Å². The summed E-state index contributed by atoms with van der Waals surface area (Å²) in [6.45, 7) is 0.934. The van der Waals surface area contributed by atoms with E-state index in [1.54, 1.807) is 23.5 Å². The van der Waals surface area contributed by atoms with Crippen LogP contribution in [0.15, 0.2) is 29.6 Å². The highest BCUT2D eigenvalue weighted by Crippen LogP contribution is 2.32. The lowest BCUT2D eigenvalue weighted by atomic mass is 10.2. The van der Waals surface area contributed by atoms with Crippen molar-refractivity contribution in [3.05, 3.63) is 50.1 Å². The van der Waals surface area contributed by atoms with Gasteiger partial charge in [0.05, 0.1) is 11.6 Å². The fourth-order valence-corrected chi connectivity index (χ4v) is 2.92. The van der Waals surface area contributed by atoms with Crippen molar-refractivity contribution < 1.29 is 4.74 Å². The number of ether oxygens (including phenoxy) is 1. The molecule has 0 aliphatic rings. The molecule has 5 heteroatoms. The molecular formula is C13H13Cl2NOS. The van der Waals surface area contributed by atoms with Crippen LogP contribution in [-0.4, -0.2) is 6.61 Å². The van der Waals surface area contributed by atoms with Gasteiger partial charge in [-0.1, -0.05) is 29.3 Å². The Labute approximate surface area is 120 Å². The van der Waals surface area contributed by atoms with Gasteiger partial charge in [0.15, 0.2) is 0 Å². The van der Waals surface area contributed by atoms with E-state index in [0.29, 0.717) is 28.9 Å². The number of thiophene rings is 1. The molecule has 18 heavy (non-hydrogen) atoms. The fraction of sp³-hybridized carbons (Fsp3) is 0.231. The number of benzene rings is 1. The lowest BCUT2D eigenvalue weighted by Gasteiger charge is -2.12. The van der Waals surface area contributed by atoms with Gasteiger partial charge in [0.1, 0.15) is 5.75 Å². The van der Waals surface area contributed by atoms with Crippen LogP contribution in [0.2, 0.25) is 10.0 Å². The molecule has 2 nitrogen and oxygen atoms in total. The molecule has 1 heterocycles. The van der Waals surface area contributed by atoms with E-state index < -0.39 is 0 Å². The summed E-state index contributed by atoms with van der Waals surface area (Å²) < 4.78 is 5.72. The molecule has 2 N–H and O–H groups in total. The fourth-order valence-electron chi connectivity index (χ4n) is 1.64. The highest BCUT2D eigenvalue weighted by molar-refractivity contribution is 7.09. The van der Waals surface area contributed by atoms with Gasteiger partial charge in [0.25, 0.3) is 0 Å². The van der Waals surface area contributed by atoms with Crippen LogP contribution in [0.3, 0.4) is 0 Å². The predicted octanol–water partition coefficient (Wildman–Crippen LogP) is 4.14. The van der Waals surface area contributed by atoms with Crippen LogP contribution < -0.4 is 10.5 Å². The second kappa shape index (κ2) is 6.43. The van der Waals surface area contributed by atoms with Crippen LogP contribution in [-0.2, 0) is 13.0 Å². The minimum absolute atomic E-state index is 0.356. The maximum absolute atomic E-state index is 6.11. The highest BCUT2D eigenvalue weighted by atomic mass is 35.5. The smallest absolute Gasteiger partial charge is 0.142 e. The minimum Gasteiger partial charge on any atom is -0.491 e. The molecule has 0 aliphatic heterocycles. The minimum atomic E-state index is 0.356. The Hall–Kier alpha value is -0.740. The molecule has 0 bridgehead atoms. The molecule has 0 fully saturated rings. The van der Waals surface area contributed by atoms with E-state index in [0.717, 1.165) is 12.0 Å². The second-order valence-electron chi connectivity index (χ2n) is 3.76. The molecule has 0 amide bonds. The summed E-state index contributed by atoms with van der Waals surface area (Å²) in [5.41, 5.74) is 6.49. The normalized spacial score (nSPS) is 10.6. The van der Waals surface area contributed by atoms with E-state index in [2.05, 4.69) is 11.4 Å². The Bertz CT molecular complexity index is 514. The van der Waals surface area contributed by atoms with Crippen molar-refractivity contribution in [1.82, 2.24) is 0 Å². The number of nitrogens with two attached hydrogens (primary N) is 1. The van der Waals surface area contributed by atoms with E-state index in [4.69, 9.17) is 33.7 Å². The predicted molar refractivity (Wildman–Crippen MR) is 77.9 cm³/mol. The van der Waals surface area contributed by atoms with E-state index in [1.165, 1.54) is 4.88 Å². The Morgan fingerprint density at radius 1 is 1.28 bits per heavy atom. The van der Waals surface area contributed by atoms with Gasteiger partial charge in [-0.3, -0.25) is 0 Å². The summed E-state index contributed by atoms with van der Waals surface area (Å²) in [5, 5.41) is 3.14. The SMILES string of the molecule is NCc1cc(Cl)cc(Cl)c1OCCc1cccs1. The molecule has 96 valence electrons. The second-order valence-corrected chi connectivity index (χ2v) is 5.63. The maximum atomic E-state index is 6.11. The molecule has 1 aromatic heterocycles. The Kier molecular flexibility index (Phi) is 4.89. The number of hydrogen-bond donors (Lipinski definition) is 1. The number of hydrogen-bond acceptors (Lipinski definition) is 3. The zero-order chi connectivity index (χ0) is 13.0. The van der Waals surface area contributed by atoms with E-state index in [9.17, 15) is 0 Å². The van der Waals surface area contributed by atoms with Crippen molar-refractivity contribution in [1.29, 1.82) is 0 Å². The Morgan fingerprint density at radius 2 is 2.11 bits per heavy atom. The molecule has 0 atom stereocenters. The standard InChI is InChI=1S/C13H13Cl2NOS/c14-10-6-9(8-16)13(12(15)7-10)17-4-3-11-2-1-5-18-11/h1-2,5-7H,3-4,8,16H2. The van der Waals surface area contributed by atoms with Crippen LogP contribution >= 0.6 is 34.5 Å². The molecule has 0 radical (unpaired) electrons. The quantitative estimate of drug-likeness (QED) is 0.901. The third-order valence-corrected chi connectivity index (χ3v) is 3.92. The van der Waals surface area contributed by atoms with Gasteiger partial charge in [0, 0.05) is 28.4 Å². The van der Waals surface area contributed by atoms with Gasteiger partial charge in [-0.15, -0.1) is 11.3 Å². The maximum Gasteiger partial charge on any atom is 0.142 e. The first-order valence-corrected chi connectivity index (χ1v) is 7.17. The molecule has 0 saturated heterocycles. The third-order valence-electron chi connectivity index (χ3n) is 2.48. The molecule has 0 spiro atoms. The summed E-state index contributed by atoms with van der Waals surface area (Å²) in [6, 6.07) is 7.57. The first-order chi connectivity index (χ1) is 8.70. The largest absolute Gasteiger partial charge is 0.491 e. The highest BCUT2D eigenvalue weighted by Gasteiger charge is 2.09. The summed E-state index contributed by atoms with van der Waals surface area (Å²) in [6.07, 6.45) is 0.862. The van der Waals surface area contributed by atoms with Gasteiger partial charge in [-0.2, -0.15) is 0 Å². The monoisotopic (exact) mass is 301 g/mol. The van der Waals surface area contributed by atoms with Crippen LogP contribution in [0.1, 0.15) is 10.4 Å².